The van der Waals surface area contributed by atoms with Crippen molar-refractivity contribution in [3.8, 4) is 0 Å². The average Bonchev–Trinajstić information content (AvgIpc) is 2.65. The van der Waals surface area contributed by atoms with Gasteiger partial charge in [0.2, 0.25) is 0 Å². The highest BCUT2D eigenvalue weighted by molar-refractivity contribution is 6.54. The third-order valence-electron chi connectivity index (χ3n) is 4.33. The molecular formula is C18H25BO2. The van der Waals surface area contributed by atoms with Crippen LogP contribution in [0.2, 0.25) is 0 Å². The largest absolute Gasteiger partial charge is 0.489 e. The summed E-state index contributed by atoms with van der Waals surface area (Å²) in [7, 11) is -0.292. The maximum atomic E-state index is 6.00. The third-order valence-corrected chi connectivity index (χ3v) is 4.33. The quantitative estimate of drug-likeness (QED) is 0.732. The van der Waals surface area contributed by atoms with Gasteiger partial charge >= 0.3 is 7.12 Å². The van der Waals surface area contributed by atoms with Gasteiger partial charge in [-0.25, -0.2) is 0 Å². The normalized spacial score (nSPS) is 20.1. The molecule has 0 N–H and O–H groups in total. The van der Waals surface area contributed by atoms with Crippen LogP contribution in [0.25, 0.3) is 6.08 Å². The fourth-order valence-corrected chi connectivity index (χ4v) is 2.18. The van der Waals surface area contributed by atoms with Crippen molar-refractivity contribution in [2.45, 2.75) is 51.7 Å². The minimum atomic E-state index is -0.292. The Kier molecular flexibility index (Phi) is 4.75. The lowest BCUT2D eigenvalue weighted by molar-refractivity contribution is 0.00578. The van der Waals surface area contributed by atoms with Crippen LogP contribution in [-0.4, -0.2) is 18.3 Å². The number of benzene rings is 1. The molecule has 112 valence electrons. The van der Waals surface area contributed by atoms with Gasteiger partial charge < -0.3 is 9.31 Å². The zero-order valence-electron chi connectivity index (χ0n) is 13.6. The predicted molar refractivity (Wildman–Crippen MR) is 89.9 cm³/mol. The summed E-state index contributed by atoms with van der Waals surface area (Å²) in [6, 6.07) is 10.3. The van der Waals surface area contributed by atoms with Crippen molar-refractivity contribution in [3.63, 3.8) is 0 Å². The van der Waals surface area contributed by atoms with Crippen LogP contribution in [-0.2, 0) is 9.31 Å². The summed E-state index contributed by atoms with van der Waals surface area (Å²) >= 11 is 0. The smallest absolute Gasteiger partial charge is 0.400 e. The summed E-state index contributed by atoms with van der Waals surface area (Å²) in [6.07, 6.45) is 6.13. The molecule has 0 saturated carbocycles. The van der Waals surface area contributed by atoms with Gasteiger partial charge in [0.05, 0.1) is 11.2 Å². The van der Waals surface area contributed by atoms with Crippen molar-refractivity contribution in [1.82, 2.24) is 0 Å². The van der Waals surface area contributed by atoms with Gasteiger partial charge in [0, 0.05) is 0 Å². The van der Waals surface area contributed by atoms with Crippen molar-refractivity contribution < 1.29 is 9.31 Å². The van der Waals surface area contributed by atoms with Crippen molar-refractivity contribution in [2.24, 2.45) is 0 Å². The molecule has 1 fully saturated rings. The Hall–Kier alpha value is -1.32. The van der Waals surface area contributed by atoms with Crippen LogP contribution in [0.1, 0.15) is 46.1 Å². The van der Waals surface area contributed by atoms with E-state index in [9.17, 15) is 0 Å². The Labute approximate surface area is 129 Å². The minimum Gasteiger partial charge on any atom is -0.400 e. The molecule has 1 aliphatic rings. The third kappa shape index (κ3) is 3.87. The van der Waals surface area contributed by atoms with E-state index < -0.39 is 0 Å². The van der Waals surface area contributed by atoms with Gasteiger partial charge in [0.25, 0.3) is 0 Å². The zero-order chi connectivity index (χ0) is 15.5. The summed E-state index contributed by atoms with van der Waals surface area (Å²) in [6.45, 7) is 12.4. The molecule has 0 radical (unpaired) electrons. The highest BCUT2D eigenvalue weighted by atomic mass is 16.7. The lowest BCUT2D eigenvalue weighted by Crippen LogP contribution is -2.41. The van der Waals surface area contributed by atoms with Gasteiger partial charge in [0.15, 0.2) is 0 Å². The van der Waals surface area contributed by atoms with Gasteiger partial charge in [-0.1, -0.05) is 42.5 Å². The molecular weight excluding hydrogens is 259 g/mol. The van der Waals surface area contributed by atoms with E-state index >= 15 is 0 Å². The molecule has 21 heavy (non-hydrogen) atoms. The van der Waals surface area contributed by atoms with Crippen LogP contribution in [0.4, 0.5) is 0 Å². The van der Waals surface area contributed by atoms with Crippen molar-refractivity contribution in [1.29, 1.82) is 0 Å². The fourth-order valence-electron chi connectivity index (χ4n) is 2.18. The summed E-state index contributed by atoms with van der Waals surface area (Å²) in [5.74, 6) is 0. The van der Waals surface area contributed by atoms with Crippen LogP contribution in [0, 0.1) is 0 Å². The van der Waals surface area contributed by atoms with E-state index in [-0.39, 0.29) is 18.3 Å². The van der Waals surface area contributed by atoms with E-state index in [1.807, 2.05) is 18.2 Å². The Balaban J connectivity index is 1.82. The topological polar surface area (TPSA) is 18.5 Å². The fraction of sp³-hybridized carbons (Fsp3) is 0.444. The summed E-state index contributed by atoms with van der Waals surface area (Å²) < 4.78 is 12.0. The van der Waals surface area contributed by atoms with Crippen molar-refractivity contribution in [2.75, 3.05) is 0 Å². The lowest BCUT2D eigenvalue weighted by Gasteiger charge is -2.32. The minimum absolute atomic E-state index is 0.291. The van der Waals surface area contributed by atoms with Gasteiger partial charge in [-0.2, -0.15) is 0 Å². The second-order valence-corrected chi connectivity index (χ2v) is 6.60. The first-order valence-corrected chi connectivity index (χ1v) is 7.57. The van der Waals surface area contributed by atoms with Crippen molar-refractivity contribution >= 4 is 13.2 Å². The van der Waals surface area contributed by atoms with Crippen molar-refractivity contribution in [3.05, 3.63) is 54.0 Å². The van der Waals surface area contributed by atoms with Crippen LogP contribution in [0.5, 0.6) is 0 Å². The van der Waals surface area contributed by atoms with E-state index in [0.29, 0.717) is 0 Å². The molecule has 0 spiro atoms. The van der Waals surface area contributed by atoms with E-state index in [2.05, 4.69) is 58.6 Å². The Morgan fingerprint density at radius 3 is 2.24 bits per heavy atom. The molecule has 0 bridgehead atoms. The molecule has 0 unspecified atom stereocenters. The van der Waals surface area contributed by atoms with Crippen LogP contribution >= 0.6 is 0 Å². The Bertz CT molecular complexity index is 501. The second-order valence-electron chi connectivity index (χ2n) is 6.60. The number of hydrogen-bond donors (Lipinski definition) is 0. The van der Waals surface area contributed by atoms with Gasteiger partial charge in [-0.3, -0.25) is 0 Å². The number of rotatable bonds is 5. The summed E-state index contributed by atoms with van der Waals surface area (Å²) in [4.78, 5) is 0. The summed E-state index contributed by atoms with van der Waals surface area (Å²) in [5, 5.41) is 0. The van der Waals surface area contributed by atoms with Gasteiger partial charge in [0.1, 0.15) is 0 Å². The van der Waals surface area contributed by atoms with E-state index in [1.165, 1.54) is 5.56 Å². The molecule has 0 aliphatic carbocycles. The molecule has 2 nitrogen and oxygen atoms in total. The maximum absolute atomic E-state index is 6.00. The number of hydrogen-bond acceptors (Lipinski definition) is 2. The first kappa shape index (κ1) is 16.1. The molecule has 3 heteroatoms. The lowest BCUT2D eigenvalue weighted by atomic mass is 9.77. The van der Waals surface area contributed by atoms with Gasteiger partial charge in [-0.05, 0) is 51.6 Å². The van der Waals surface area contributed by atoms with Crippen LogP contribution < -0.4 is 0 Å². The first-order valence-electron chi connectivity index (χ1n) is 7.57. The molecule has 0 amide bonds. The van der Waals surface area contributed by atoms with Gasteiger partial charge in [-0.15, -0.1) is 6.58 Å². The first-order chi connectivity index (χ1) is 9.82. The monoisotopic (exact) mass is 284 g/mol. The second kappa shape index (κ2) is 6.21. The SMILES string of the molecule is C=C(CC/C=C/c1ccccc1)B1OC(C)(C)C(C)(C)O1. The molecule has 1 aliphatic heterocycles. The highest BCUT2D eigenvalue weighted by Crippen LogP contribution is 2.38. The molecule has 1 aromatic rings. The predicted octanol–water partition coefficient (Wildman–Crippen LogP) is 4.67. The van der Waals surface area contributed by atoms with Crippen LogP contribution in [0.15, 0.2) is 48.5 Å². The molecule has 0 atom stereocenters. The standard InChI is InChI=1S/C18H25BO2/c1-15(19-20-17(2,3)18(4,5)21-19)11-9-10-14-16-12-7-6-8-13-16/h6-8,10,12-14H,1,9,11H2,2-5H3/b14-10+. The highest BCUT2D eigenvalue weighted by Gasteiger charge is 2.51. The molecule has 2 rings (SSSR count). The maximum Gasteiger partial charge on any atom is 0.489 e. The molecule has 1 saturated heterocycles. The number of allylic oxidation sites excluding steroid dienone is 2. The van der Waals surface area contributed by atoms with Crippen LogP contribution in [0.3, 0.4) is 0 Å². The van der Waals surface area contributed by atoms with E-state index in [0.717, 1.165) is 18.3 Å². The molecule has 1 aromatic carbocycles. The molecule has 0 aromatic heterocycles. The Morgan fingerprint density at radius 2 is 1.67 bits per heavy atom. The zero-order valence-corrected chi connectivity index (χ0v) is 13.6. The average molecular weight is 284 g/mol. The van der Waals surface area contributed by atoms with E-state index in [4.69, 9.17) is 9.31 Å². The Morgan fingerprint density at radius 1 is 1.10 bits per heavy atom. The summed E-state index contributed by atoms with van der Waals surface area (Å²) in [5.41, 5.74) is 1.64. The molecule has 1 heterocycles. The van der Waals surface area contributed by atoms with E-state index in [1.54, 1.807) is 0 Å².